The third kappa shape index (κ3) is 3.71. The molecule has 1 fully saturated rings. The van der Waals surface area contributed by atoms with E-state index in [1.165, 1.54) is 23.1 Å². The van der Waals surface area contributed by atoms with Gasteiger partial charge in [0.2, 0.25) is 15.8 Å². The standard InChI is InChI=1S/C17H17ClN4O4S/c18-12-3-1-4-14(11-12)27(24,25)19-8-9-21-17(23)22(13-6-7-13)16(20-21)15-5-2-10-26-15/h1-5,10-11,13,19H,6-9H2. The van der Waals surface area contributed by atoms with Gasteiger partial charge in [-0.05, 0) is 43.2 Å². The number of nitrogens with zero attached hydrogens (tertiary/aromatic N) is 3. The zero-order valence-corrected chi connectivity index (χ0v) is 15.8. The maximum Gasteiger partial charge on any atom is 0.346 e. The SMILES string of the molecule is O=c1n(CCNS(=O)(=O)c2cccc(Cl)c2)nc(-c2ccco2)n1C1CC1. The lowest BCUT2D eigenvalue weighted by Gasteiger charge is -2.06. The van der Waals surface area contributed by atoms with Crippen molar-refractivity contribution in [1.29, 1.82) is 0 Å². The summed E-state index contributed by atoms with van der Waals surface area (Å²) in [5, 5.41) is 4.67. The van der Waals surface area contributed by atoms with Gasteiger partial charge in [-0.25, -0.2) is 22.6 Å². The van der Waals surface area contributed by atoms with Gasteiger partial charge >= 0.3 is 5.69 Å². The van der Waals surface area contributed by atoms with Crippen LogP contribution in [0.4, 0.5) is 0 Å². The summed E-state index contributed by atoms with van der Waals surface area (Å²) in [5.41, 5.74) is -0.272. The third-order valence-electron chi connectivity index (χ3n) is 4.25. The van der Waals surface area contributed by atoms with Crippen molar-refractivity contribution in [2.24, 2.45) is 0 Å². The van der Waals surface area contributed by atoms with E-state index < -0.39 is 10.0 Å². The molecule has 0 radical (unpaired) electrons. The minimum Gasteiger partial charge on any atom is -0.461 e. The number of furan rings is 1. The third-order valence-corrected chi connectivity index (χ3v) is 5.94. The summed E-state index contributed by atoms with van der Waals surface area (Å²) >= 11 is 5.85. The average molecular weight is 409 g/mol. The second kappa shape index (κ2) is 6.99. The lowest BCUT2D eigenvalue weighted by molar-refractivity contribution is 0.546. The number of hydrogen-bond donors (Lipinski definition) is 1. The van der Waals surface area contributed by atoms with Crippen molar-refractivity contribution in [3.8, 4) is 11.6 Å². The molecule has 2 aromatic heterocycles. The van der Waals surface area contributed by atoms with E-state index in [-0.39, 0.29) is 29.7 Å². The Hall–Kier alpha value is -2.36. The van der Waals surface area contributed by atoms with E-state index in [0.717, 1.165) is 12.8 Å². The predicted molar refractivity (Wildman–Crippen MR) is 99.1 cm³/mol. The molecule has 1 saturated carbocycles. The van der Waals surface area contributed by atoms with E-state index >= 15 is 0 Å². The Morgan fingerprint density at radius 1 is 1.26 bits per heavy atom. The fourth-order valence-electron chi connectivity index (χ4n) is 2.80. The van der Waals surface area contributed by atoms with Crippen LogP contribution in [0.1, 0.15) is 18.9 Å². The topological polar surface area (TPSA) is 99.1 Å². The first-order chi connectivity index (χ1) is 13.0. The van der Waals surface area contributed by atoms with Crippen LogP contribution in [0.3, 0.4) is 0 Å². The molecule has 3 aromatic rings. The van der Waals surface area contributed by atoms with Crippen LogP contribution in [0.5, 0.6) is 0 Å². The van der Waals surface area contributed by atoms with E-state index in [9.17, 15) is 13.2 Å². The van der Waals surface area contributed by atoms with Crippen LogP contribution in [0.2, 0.25) is 5.02 Å². The van der Waals surface area contributed by atoms with Crippen molar-refractivity contribution in [1.82, 2.24) is 19.1 Å². The molecule has 0 saturated heterocycles. The summed E-state index contributed by atoms with van der Waals surface area (Å²) in [6.07, 6.45) is 3.36. The van der Waals surface area contributed by atoms with Crippen molar-refractivity contribution in [2.75, 3.05) is 6.54 Å². The van der Waals surface area contributed by atoms with Crippen molar-refractivity contribution in [2.45, 2.75) is 30.3 Å². The van der Waals surface area contributed by atoms with Gasteiger partial charge in [0, 0.05) is 17.6 Å². The molecule has 0 spiro atoms. The molecule has 27 heavy (non-hydrogen) atoms. The monoisotopic (exact) mass is 408 g/mol. The first-order valence-corrected chi connectivity index (χ1v) is 10.3. The Bertz CT molecular complexity index is 1110. The molecular formula is C17H17ClN4O4S. The molecule has 0 atom stereocenters. The Labute approximate surface area is 160 Å². The second-order valence-corrected chi connectivity index (χ2v) is 8.47. The van der Waals surface area contributed by atoms with Crippen molar-refractivity contribution in [3.05, 3.63) is 58.2 Å². The molecule has 2 heterocycles. The average Bonchev–Trinajstić information content (AvgIpc) is 3.21. The van der Waals surface area contributed by atoms with Crippen LogP contribution >= 0.6 is 11.6 Å². The number of benzene rings is 1. The maximum atomic E-state index is 12.7. The quantitative estimate of drug-likeness (QED) is 0.646. The largest absolute Gasteiger partial charge is 0.461 e. The van der Waals surface area contributed by atoms with E-state index in [2.05, 4.69) is 9.82 Å². The number of sulfonamides is 1. The summed E-state index contributed by atoms with van der Waals surface area (Å²) in [4.78, 5) is 12.7. The van der Waals surface area contributed by atoms with Gasteiger partial charge in [-0.2, -0.15) is 0 Å². The van der Waals surface area contributed by atoms with Crippen LogP contribution in [-0.4, -0.2) is 29.3 Å². The molecule has 4 rings (SSSR count). The number of hydrogen-bond acceptors (Lipinski definition) is 5. The molecule has 8 nitrogen and oxygen atoms in total. The smallest absolute Gasteiger partial charge is 0.346 e. The minimum absolute atomic E-state index is 0.0219. The van der Waals surface area contributed by atoms with Crippen LogP contribution in [0.15, 0.2) is 56.8 Å². The number of nitrogens with one attached hydrogen (secondary N) is 1. The van der Waals surface area contributed by atoms with E-state index in [1.807, 2.05) is 0 Å². The highest BCUT2D eigenvalue weighted by Gasteiger charge is 2.31. The van der Waals surface area contributed by atoms with E-state index in [0.29, 0.717) is 16.6 Å². The van der Waals surface area contributed by atoms with Gasteiger partial charge in [0.25, 0.3) is 0 Å². The van der Waals surface area contributed by atoms with Gasteiger partial charge in [-0.15, -0.1) is 5.10 Å². The molecule has 1 aromatic carbocycles. The van der Waals surface area contributed by atoms with Gasteiger partial charge in [0.1, 0.15) is 0 Å². The molecule has 0 bridgehead atoms. The van der Waals surface area contributed by atoms with Gasteiger partial charge < -0.3 is 4.42 Å². The highest BCUT2D eigenvalue weighted by Crippen LogP contribution is 2.36. The molecule has 1 aliphatic carbocycles. The zero-order valence-electron chi connectivity index (χ0n) is 14.2. The van der Waals surface area contributed by atoms with Crippen molar-refractivity contribution >= 4 is 21.6 Å². The zero-order chi connectivity index (χ0) is 19.0. The lowest BCUT2D eigenvalue weighted by atomic mass is 10.4. The fourth-order valence-corrected chi connectivity index (χ4v) is 4.13. The Balaban J connectivity index is 1.52. The van der Waals surface area contributed by atoms with E-state index in [4.69, 9.17) is 16.0 Å². The molecule has 0 unspecified atom stereocenters. The maximum absolute atomic E-state index is 12.7. The Morgan fingerprint density at radius 3 is 2.74 bits per heavy atom. The highest BCUT2D eigenvalue weighted by molar-refractivity contribution is 7.89. The minimum atomic E-state index is -3.72. The number of halogens is 1. The molecule has 1 N–H and O–H groups in total. The summed E-state index contributed by atoms with van der Waals surface area (Å²) in [6.45, 7) is 0.125. The van der Waals surface area contributed by atoms with E-state index in [1.54, 1.807) is 28.8 Å². The van der Waals surface area contributed by atoms with Crippen molar-refractivity contribution in [3.63, 3.8) is 0 Å². The highest BCUT2D eigenvalue weighted by atomic mass is 35.5. The summed E-state index contributed by atoms with van der Waals surface area (Å²) in [7, 11) is -3.72. The first kappa shape index (κ1) is 18.0. The van der Waals surface area contributed by atoms with Crippen molar-refractivity contribution < 1.29 is 12.8 Å². The van der Waals surface area contributed by atoms with Crippen LogP contribution in [-0.2, 0) is 16.6 Å². The van der Waals surface area contributed by atoms with Gasteiger partial charge in [-0.1, -0.05) is 17.7 Å². The first-order valence-electron chi connectivity index (χ1n) is 8.44. The Kier molecular flexibility index (Phi) is 4.67. The van der Waals surface area contributed by atoms with Crippen LogP contribution < -0.4 is 10.4 Å². The normalized spacial score (nSPS) is 14.6. The molecule has 10 heteroatoms. The molecule has 0 aliphatic heterocycles. The second-order valence-electron chi connectivity index (χ2n) is 6.26. The van der Waals surface area contributed by atoms with Gasteiger partial charge in [0.05, 0.1) is 17.7 Å². The number of rotatable bonds is 7. The summed E-state index contributed by atoms with van der Waals surface area (Å²) in [5.74, 6) is 0.974. The fraction of sp³-hybridized carbons (Fsp3) is 0.294. The van der Waals surface area contributed by atoms with Crippen LogP contribution in [0, 0.1) is 0 Å². The van der Waals surface area contributed by atoms with Crippen LogP contribution in [0.25, 0.3) is 11.6 Å². The number of aromatic nitrogens is 3. The molecular weight excluding hydrogens is 392 g/mol. The molecule has 1 aliphatic rings. The van der Waals surface area contributed by atoms with Gasteiger partial charge in [-0.3, -0.25) is 4.57 Å². The molecule has 0 amide bonds. The summed E-state index contributed by atoms with van der Waals surface area (Å²) in [6, 6.07) is 9.58. The lowest BCUT2D eigenvalue weighted by Crippen LogP contribution is -2.32. The van der Waals surface area contributed by atoms with Gasteiger partial charge in [0.15, 0.2) is 5.76 Å². The summed E-state index contributed by atoms with van der Waals surface area (Å²) < 4.78 is 35.4. The predicted octanol–water partition coefficient (Wildman–Crippen LogP) is 2.27. The Morgan fingerprint density at radius 2 is 2.07 bits per heavy atom. The molecule has 142 valence electrons.